The van der Waals surface area contributed by atoms with Gasteiger partial charge in [-0.3, -0.25) is 0 Å². The minimum absolute atomic E-state index is 0.0532. The third kappa shape index (κ3) is 6.18. The average Bonchev–Trinajstić information content (AvgIpc) is 2.82. The van der Waals surface area contributed by atoms with E-state index in [1.54, 1.807) is 27.7 Å². The van der Waals surface area contributed by atoms with Gasteiger partial charge < -0.3 is 15.2 Å². The van der Waals surface area contributed by atoms with Gasteiger partial charge in [0.25, 0.3) is 5.60 Å². The van der Waals surface area contributed by atoms with Crippen LogP contribution < -0.4 is 5.32 Å². The van der Waals surface area contributed by atoms with E-state index in [9.17, 15) is 49.1 Å². The number of hydrogen-bond donors (Lipinski definition) is 2. The van der Waals surface area contributed by atoms with E-state index in [1.165, 1.54) is 0 Å². The van der Waals surface area contributed by atoms with Crippen LogP contribution in [0.15, 0.2) is 53.4 Å². The van der Waals surface area contributed by atoms with Gasteiger partial charge in [0.2, 0.25) is 0 Å². The second kappa shape index (κ2) is 10.8. The molecule has 1 amide bonds. The lowest BCUT2D eigenvalue weighted by molar-refractivity contribution is -0.376. The number of ether oxygens (including phenoxy) is 1. The third-order valence-electron chi connectivity index (χ3n) is 7.19. The summed E-state index contributed by atoms with van der Waals surface area (Å²) in [5.41, 5.74) is -7.67. The van der Waals surface area contributed by atoms with Crippen molar-refractivity contribution in [1.82, 2.24) is 5.32 Å². The summed E-state index contributed by atoms with van der Waals surface area (Å²) in [7, 11) is -4.43. The molecule has 2 aromatic carbocycles. The second-order valence-electron chi connectivity index (χ2n) is 11.2. The standard InChI is InChI=1S/C27H30F7NO5S/c1-16-15-24(41(38,39)20-11-9-19(28)10-12-20,14-13-21(16)35-22(36)40-23(2,3)4)17-5-7-18(8-6-17)25(37,26(29,30)31)27(32,33)34/h5-12,16,21,37H,13-15H2,1-4H3,(H,35,36)/t16-,21-,24-/m1/s1. The zero-order valence-corrected chi connectivity index (χ0v) is 23.3. The molecule has 41 heavy (non-hydrogen) atoms. The lowest BCUT2D eigenvalue weighted by Gasteiger charge is -2.44. The van der Waals surface area contributed by atoms with Gasteiger partial charge in [-0.15, -0.1) is 0 Å². The number of alkyl carbamates (subject to hydrolysis) is 1. The number of benzene rings is 2. The van der Waals surface area contributed by atoms with E-state index in [-0.39, 0.29) is 29.7 Å². The quantitative estimate of drug-likeness (QED) is 0.296. The van der Waals surface area contributed by atoms with Crippen LogP contribution in [0.5, 0.6) is 0 Å². The van der Waals surface area contributed by atoms with Crippen molar-refractivity contribution in [3.63, 3.8) is 0 Å². The van der Waals surface area contributed by atoms with E-state index in [0.29, 0.717) is 12.1 Å². The van der Waals surface area contributed by atoms with Gasteiger partial charge in [0.05, 0.1) is 4.90 Å². The summed E-state index contributed by atoms with van der Waals surface area (Å²) in [4.78, 5) is 12.0. The molecular formula is C27H30F7NO5S. The van der Waals surface area contributed by atoms with Gasteiger partial charge in [0, 0.05) is 11.6 Å². The fourth-order valence-electron chi connectivity index (χ4n) is 5.11. The van der Waals surface area contributed by atoms with Gasteiger partial charge in [-0.2, -0.15) is 26.3 Å². The SMILES string of the molecule is C[C@@H]1C[C@](c2ccc(C(O)(C(F)(F)F)C(F)(F)F)cc2)(S(=O)(=O)c2ccc(F)cc2)CC[C@H]1NC(=O)OC(C)(C)C. The predicted molar refractivity (Wildman–Crippen MR) is 134 cm³/mol. The maximum absolute atomic E-state index is 14.0. The molecule has 3 atom stereocenters. The molecular weight excluding hydrogens is 583 g/mol. The number of sulfone groups is 1. The zero-order chi connectivity index (χ0) is 31.2. The number of nitrogens with one attached hydrogen (secondary N) is 1. The average molecular weight is 614 g/mol. The van der Waals surface area contributed by atoms with Gasteiger partial charge in [-0.25, -0.2) is 17.6 Å². The summed E-state index contributed by atoms with van der Waals surface area (Å²) in [5, 5.41) is 12.5. The maximum Gasteiger partial charge on any atom is 0.430 e. The van der Waals surface area contributed by atoms with Crippen LogP contribution >= 0.6 is 0 Å². The smallest absolute Gasteiger partial charge is 0.430 e. The Morgan fingerprint density at radius 3 is 1.90 bits per heavy atom. The van der Waals surface area contributed by atoms with Gasteiger partial charge >= 0.3 is 18.4 Å². The Kier molecular flexibility index (Phi) is 8.56. The molecule has 1 aliphatic carbocycles. The van der Waals surface area contributed by atoms with Crippen LogP contribution in [0, 0.1) is 11.7 Å². The molecule has 0 aromatic heterocycles. The topological polar surface area (TPSA) is 92.7 Å². The van der Waals surface area contributed by atoms with Crippen LogP contribution in [-0.4, -0.2) is 43.6 Å². The molecule has 0 bridgehead atoms. The summed E-state index contributed by atoms with van der Waals surface area (Å²) in [5.74, 6) is -1.28. The highest BCUT2D eigenvalue weighted by molar-refractivity contribution is 7.92. The number of rotatable bonds is 5. The molecule has 0 unspecified atom stereocenters. The van der Waals surface area contributed by atoms with E-state index in [0.717, 1.165) is 36.4 Å². The van der Waals surface area contributed by atoms with E-state index in [1.807, 2.05) is 0 Å². The van der Waals surface area contributed by atoms with Gasteiger partial charge in [0.15, 0.2) is 9.84 Å². The Balaban J connectivity index is 2.10. The van der Waals surface area contributed by atoms with Crippen molar-refractivity contribution in [1.29, 1.82) is 0 Å². The first kappa shape index (κ1) is 32.6. The number of carbonyl (C=O) groups excluding carboxylic acids is 1. The summed E-state index contributed by atoms with van der Waals surface area (Å²) >= 11 is 0. The zero-order valence-electron chi connectivity index (χ0n) is 22.5. The Labute approximate surface area is 232 Å². The Morgan fingerprint density at radius 2 is 1.46 bits per heavy atom. The van der Waals surface area contributed by atoms with Crippen molar-refractivity contribution in [2.45, 2.75) is 86.2 Å². The van der Waals surface area contributed by atoms with Gasteiger partial charge in [0.1, 0.15) is 16.2 Å². The summed E-state index contributed by atoms with van der Waals surface area (Å²) in [6.07, 6.45) is -13.3. The largest absolute Gasteiger partial charge is 0.444 e. The lowest BCUT2D eigenvalue weighted by Crippen LogP contribution is -2.54. The third-order valence-corrected chi connectivity index (χ3v) is 9.72. The highest BCUT2D eigenvalue weighted by Gasteiger charge is 2.71. The molecule has 2 aromatic rings. The summed E-state index contributed by atoms with van der Waals surface area (Å²) in [6.45, 7) is 6.59. The number of halogens is 7. The Morgan fingerprint density at radius 1 is 0.951 bits per heavy atom. The number of hydrogen-bond acceptors (Lipinski definition) is 5. The highest BCUT2D eigenvalue weighted by Crippen LogP contribution is 2.52. The minimum Gasteiger partial charge on any atom is -0.444 e. The van der Waals surface area contributed by atoms with E-state index < -0.39 is 67.6 Å². The molecule has 0 saturated heterocycles. The summed E-state index contributed by atoms with van der Waals surface area (Å²) < 4.78 is 126. The molecule has 0 heterocycles. The summed E-state index contributed by atoms with van der Waals surface area (Å²) in [6, 6.07) is 5.71. The molecule has 1 aliphatic rings. The van der Waals surface area contributed by atoms with Crippen LogP contribution in [0.25, 0.3) is 0 Å². The second-order valence-corrected chi connectivity index (χ2v) is 13.5. The number of carbonyl (C=O) groups is 1. The molecule has 1 saturated carbocycles. The maximum atomic E-state index is 14.0. The van der Waals surface area contributed by atoms with Crippen LogP contribution in [0.3, 0.4) is 0 Å². The van der Waals surface area contributed by atoms with Crippen molar-refractivity contribution < 1.29 is 53.8 Å². The van der Waals surface area contributed by atoms with Gasteiger partial charge in [-0.1, -0.05) is 31.2 Å². The molecule has 3 rings (SSSR count). The molecule has 6 nitrogen and oxygen atoms in total. The molecule has 14 heteroatoms. The van der Waals surface area contributed by atoms with E-state index in [4.69, 9.17) is 4.74 Å². The van der Waals surface area contributed by atoms with Crippen LogP contribution in [-0.2, 0) is 24.9 Å². The fourth-order valence-corrected chi connectivity index (χ4v) is 7.38. The molecule has 0 aliphatic heterocycles. The first-order valence-corrected chi connectivity index (χ1v) is 14.0. The predicted octanol–water partition coefficient (Wildman–Crippen LogP) is 6.52. The van der Waals surface area contributed by atoms with Crippen molar-refractivity contribution in [2.75, 3.05) is 0 Å². The van der Waals surface area contributed by atoms with Crippen molar-refractivity contribution >= 4 is 15.9 Å². The number of amides is 1. The highest BCUT2D eigenvalue weighted by atomic mass is 32.2. The fraction of sp³-hybridized carbons (Fsp3) is 0.519. The van der Waals surface area contributed by atoms with E-state index in [2.05, 4.69) is 5.32 Å². The Hall–Kier alpha value is -2.87. The monoisotopic (exact) mass is 613 g/mol. The van der Waals surface area contributed by atoms with Crippen LogP contribution in [0.4, 0.5) is 35.5 Å². The number of aliphatic hydroxyl groups is 1. The lowest BCUT2D eigenvalue weighted by atomic mass is 9.74. The number of alkyl halides is 6. The first-order chi connectivity index (χ1) is 18.5. The Bertz CT molecular complexity index is 1340. The molecule has 228 valence electrons. The van der Waals surface area contributed by atoms with Crippen molar-refractivity contribution in [3.8, 4) is 0 Å². The van der Waals surface area contributed by atoms with Crippen LogP contribution in [0.1, 0.15) is 58.1 Å². The molecule has 0 radical (unpaired) electrons. The molecule has 0 spiro atoms. The van der Waals surface area contributed by atoms with E-state index >= 15 is 0 Å². The normalized spacial score (nSPS) is 22.7. The van der Waals surface area contributed by atoms with Crippen molar-refractivity contribution in [2.24, 2.45) is 5.92 Å². The van der Waals surface area contributed by atoms with Crippen molar-refractivity contribution in [3.05, 3.63) is 65.5 Å². The first-order valence-electron chi connectivity index (χ1n) is 12.5. The van der Waals surface area contributed by atoms with Crippen LogP contribution in [0.2, 0.25) is 0 Å². The van der Waals surface area contributed by atoms with Gasteiger partial charge in [-0.05, 0) is 75.8 Å². The minimum atomic E-state index is -6.12. The molecule has 1 fully saturated rings. The molecule has 2 N–H and O–H groups in total.